The molecule has 2 heterocycles. The van der Waals surface area contributed by atoms with Crippen LogP contribution in [0.15, 0.2) is 6.33 Å². The van der Waals surface area contributed by atoms with Crippen molar-refractivity contribution in [2.24, 2.45) is 5.92 Å². The van der Waals surface area contributed by atoms with E-state index >= 15 is 0 Å². The third-order valence-electron chi connectivity index (χ3n) is 4.44. The minimum atomic E-state index is -0.0408. The van der Waals surface area contributed by atoms with E-state index in [1.807, 2.05) is 4.68 Å². The van der Waals surface area contributed by atoms with Gasteiger partial charge in [0.1, 0.15) is 12.2 Å². The molecule has 0 aromatic carbocycles. The van der Waals surface area contributed by atoms with Crippen LogP contribution in [-0.2, 0) is 17.9 Å². The molecule has 1 fully saturated rings. The topological polar surface area (TPSA) is 63.1 Å². The van der Waals surface area contributed by atoms with Crippen molar-refractivity contribution < 1.29 is 4.79 Å². The Morgan fingerprint density at radius 1 is 1.40 bits per heavy atom. The van der Waals surface area contributed by atoms with Crippen LogP contribution in [0.1, 0.15) is 38.9 Å². The van der Waals surface area contributed by atoms with Crippen LogP contribution in [0.25, 0.3) is 0 Å². The standard InChI is InChI=1S/C14H23N5O/c1-10(2)18-6-11(14(20)17-12-4-3-5-12)7-19-13(8-18)15-9-16-19/h9-12H,3-8H2,1-2H3,(H,17,20)/t11-/m1/s1. The first kappa shape index (κ1) is 13.5. The monoisotopic (exact) mass is 277 g/mol. The summed E-state index contributed by atoms with van der Waals surface area (Å²) < 4.78 is 1.88. The zero-order valence-electron chi connectivity index (χ0n) is 12.2. The Hall–Kier alpha value is -1.43. The molecule has 1 aliphatic carbocycles. The highest BCUT2D eigenvalue weighted by Gasteiger charge is 2.31. The molecule has 1 saturated carbocycles. The third kappa shape index (κ3) is 2.70. The Bertz CT molecular complexity index is 480. The first-order valence-electron chi connectivity index (χ1n) is 7.54. The van der Waals surface area contributed by atoms with E-state index < -0.39 is 0 Å². The van der Waals surface area contributed by atoms with Gasteiger partial charge in [-0.3, -0.25) is 9.69 Å². The van der Waals surface area contributed by atoms with Gasteiger partial charge in [-0.1, -0.05) is 0 Å². The number of rotatable bonds is 3. The molecular weight excluding hydrogens is 254 g/mol. The van der Waals surface area contributed by atoms with Crippen molar-refractivity contribution in [1.82, 2.24) is 25.0 Å². The first-order valence-corrected chi connectivity index (χ1v) is 7.54. The van der Waals surface area contributed by atoms with Crippen LogP contribution in [0.3, 0.4) is 0 Å². The molecule has 20 heavy (non-hydrogen) atoms. The van der Waals surface area contributed by atoms with Crippen molar-refractivity contribution in [3.8, 4) is 0 Å². The normalized spacial score (nSPS) is 24.1. The fourth-order valence-electron chi connectivity index (χ4n) is 2.79. The van der Waals surface area contributed by atoms with Gasteiger partial charge < -0.3 is 5.32 Å². The minimum Gasteiger partial charge on any atom is -0.353 e. The number of carbonyl (C=O) groups excluding carboxylic acids is 1. The number of carbonyl (C=O) groups is 1. The Morgan fingerprint density at radius 3 is 2.85 bits per heavy atom. The van der Waals surface area contributed by atoms with Gasteiger partial charge in [0.2, 0.25) is 5.91 Å². The fourth-order valence-corrected chi connectivity index (χ4v) is 2.79. The summed E-state index contributed by atoms with van der Waals surface area (Å²) in [6.45, 7) is 6.50. The van der Waals surface area contributed by atoms with Crippen molar-refractivity contribution in [3.05, 3.63) is 12.2 Å². The van der Waals surface area contributed by atoms with Crippen molar-refractivity contribution in [1.29, 1.82) is 0 Å². The van der Waals surface area contributed by atoms with E-state index in [2.05, 4.69) is 34.1 Å². The number of hydrogen-bond acceptors (Lipinski definition) is 4. The van der Waals surface area contributed by atoms with Crippen LogP contribution in [0.4, 0.5) is 0 Å². The van der Waals surface area contributed by atoms with E-state index in [1.165, 1.54) is 6.42 Å². The maximum absolute atomic E-state index is 12.5. The average Bonchev–Trinajstić information content (AvgIpc) is 2.70. The van der Waals surface area contributed by atoms with E-state index in [-0.39, 0.29) is 11.8 Å². The molecule has 3 rings (SSSR count). The van der Waals surface area contributed by atoms with Gasteiger partial charge in [0.15, 0.2) is 0 Å². The first-order chi connectivity index (χ1) is 9.63. The number of fused-ring (bicyclic) bond motifs is 1. The molecule has 0 bridgehead atoms. The number of aromatic nitrogens is 3. The van der Waals surface area contributed by atoms with Gasteiger partial charge in [-0.05, 0) is 33.1 Å². The predicted molar refractivity (Wildman–Crippen MR) is 74.8 cm³/mol. The molecule has 1 atom stereocenters. The lowest BCUT2D eigenvalue weighted by atomic mass is 9.92. The molecule has 1 aromatic rings. The molecule has 1 aliphatic heterocycles. The van der Waals surface area contributed by atoms with Crippen LogP contribution in [0.5, 0.6) is 0 Å². The highest BCUT2D eigenvalue weighted by Crippen LogP contribution is 2.21. The number of nitrogens with one attached hydrogen (secondary N) is 1. The van der Waals surface area contributed by atoms with Crippen LogP contribution in [-0.4, -0.2) is 44.2 Å². The Labute approximate surface area is 119 Å². The molecule has 1 aromatic heterocycles. The van der Waals surface area contributed by atoms with Gasteiger partial charge in [0.25, 0.3) is 0 Å². The van der Waals surface area contributed by atoms with Crippen LogP contribution < -0.4 is 5.32 Å². The van der Waals surface area contributed by atoms with Crippen molar-refractivity contribution in [2.75, 3.05) is 6.54 Å². The maximum atomic E-state index is 12.5. The summed E-state index contributed by atoms with van der Waals surface area (Å²) in [5.74, 6) is 1.09. The van der Waals surface area contributed by atoms with E-state index in [4.69, 9.17) is 0 Å². The third-order valence-corrected chi connectivity index (χ3v) is 4.44. The van der Waals surface area contributed by atoms with Crippen LogP contribution in [0, 0.1) is 5.92 Å². The van der Waals surface area contributed by atoms with E-state index in [0.717, 1.165) is 31.8 Å². The number of amides is 1. The van der Waals surface area contributed by atoms with Crippen LogP contribution >= 0.6 is 0 Å². The van der Waals surface area contributed by atoms with Gasteiger partial charge >= 0.3 is 0 Å². The van der Waals surface area contributed by atoms with E-state index in [0.29, 0.717) is 18.6 Å². The second-order valence-corrected chi connectivity index (χ2v) is 6.21. The Balaban J connectivity index is 1.74. The zero-order chi connectivity index (χ0) is 14.1. The van der Waals surface area contributed by atoms with Crippen molar-refractivity contribution >= 4 is 5.91 Å². The molecule has 0 saturated heterocycles. The molecule has 0 radical (unpaired) electrons. The molecule has 0 spiro atoms. The summed E-state index contributed by atoms with van der Waals surface area (Å²) in [4.78, 5) is 19.1. The summed E-state index contributed by atoms with van der Waals surface area (Å²) in [6, 6.07) is 0.797. The lowest BCUT2D eigenvalue weighted by Crippen LogP contribution is -2.46. The molecule has 6 heteroatoms. The summed E-state index contributed by atoms with van der Waals surface area (Å²) in [7, 11) is 0. The summed E-state index contributed by atoms with van der Waals surface area (Å²) >= 11 is 0. The lowest BCUT2D eigenvalue weighted by molar-refractivity contribution is -0.127. The zero-order valence-corrected chi connectivity index (χ0v) is 12.2. The molecular formula is C14H23N5O. The fraction of sp³-hybridized carbons (Fsp3) is 0.786. The summed E-state index contributed by atoms with van der Waals surface area (Å²) in [5.41, 5.74) is 0. The SMILES string of the molecule is CC(C)N1Cc2ncnn2C[C@H](C(=O)NC2CCC2)C1. The molecule has 6 nitrogen and oxygen atoms in total. The largest absolute Gasteiger partial charge is 0.353 e. The van der Waals surface area contributed by atoms with Crippen molar-refractivity contribution in [2.45, 2.75) is 58.3 Å². The lowest BCUT2D eigenvalue weighted by Gasteiger charge is -2.30. The minimum absolute atomic E-state index is 0.0408. The molecule has 1 amide bonds. The van der Waals surface area contributed by atoms with Gasteiger partial charge in [-0.25, -0.2) is 9.67 Å². The molecule has 110 valence electrons. The quantitative estimate of drug-likeness (QED) is 0.887. The number of nitrogens with zero attached hydrogens (tertiary/aromatic N) is 4. The highest BCUT2D eigenvalue weighted by atomic mass is 16.2. The van der Waals surface area contributed by atoms with Crippen molar-refractivity contribution in [3.63, 3.8) is 0 Å². The average molecular weight is 277 g/mol. The Morgan fingerprint density at radius 2 is 2.20 bits per heavy atom. The summed E-state index contributed by atoms with van der Waals surface area (Å²) in [6.07, 6.45) is 5.07. The van der Waals surface area contributed by atoms with Gasteiger partial charge in [0, 0.05) is 18.6 Å². The van der Waals surface area contributed by atoms with E-state index in [1.54, 1.807) is 6.33 Å². The maximum Gasteiger partial charge on any atom is 0.226 e. The van der Waals surface area contributed by atoms with Gasteiger partial charge in [0.05, 0.1) is 19.0 Å². The highest BCUT2D eigenvalue weighted by molar-refractivity contribution is 5.79. The van der Waals surface area contributed by atoms with E-state index in [9.17, 15) is 4.79 Å². The second-order valence-electron chi connectivity index (χ2n) is 6.21. The molecule has 2 aliphatic rings. The summed E-state index contributed by atoms with van der Waals surface area (Å²) in [5, 5.41) is 7.42. The predicted octanol–water partition coefficient (Wildman–Crippen LogP) is 0.787. The van der Waals surface area contributed by atoms with Crippen LogP contribution in [0.2, 0.25) is 0 Å². The van der Waals surface area contributed by atoms with Gasteiger partial charge in [-0.2, -0.15) is 5.10 Å². The molecule has 1 N–H and O–H groups in total. The second kappa shape index (κ2) is 5.52. The Kier molecular flexibility index (Phi) is 3.74. The smallest absolute Gasteiger partial charge is 0.226 e. The van der Waals surface area contributed by atoms with Gasteiger partial charge in [-0.15, -0.1) is 0 Å². The number of hydrogen-bond donors (Lipinski definition) is 1. The molecule has 0 unspecified atom stereocenters.